The van der Waals surface area contributed by atoms with Gasteiger partial charge >= 0.3 is 0 Å². The van der Waals surface area contributed by atoms with Crippen molar-refractivity contribution < 1.29 is 9.59 Å². The first-order valence-electron chi connectivity index (χ1n) is 8.73. The van der Waals surface area contributed by atoms with E-state index >= 15 is 0 Å². The Morgan fingerprint density at radius 2 is 2.00 bits per heavy atom. The molecule has 0 saturated carbocycles. The van der Waals surface area contributed by atoms with Crippen molar-refractivity contribution in [3.8, 4) is 0 Å². The van der Waals surface area contributed by atoms with Crippen LogP contribution in [0.15, 0.2) is 24.3 Å². The van der Waals surface area contributed by atoms with Crippen molar-refractivity contribution in [2.75, 3.05) is 24.6 Å². The molecule has 7 heteroatoms. The van der Waals surface area contributed by atoms with Gasteiger partial charge in [-0.15, -0.1) is 11.8 Å². The van der Waals surface area contributed by atoms with E-state index in [0.29, 0.717) is 5.75 Å². The van der Waals surface area contributed by atoms with Crippen molar-refractivity contribution in [3.63, 3.8) is 0 Å². The minimum absolute atomic E-state index is 0.0793. The summed E-state index contributed by atoms with van der Waals surface area (Å²) in [6.07, 6.45) is 3.39. The predicted octanol–water partition coefficient (Wildman–Crippen LogP) is 2.49. The van der Waals surface area contributed by atoms with Crippen LogP contribution in [0.5, 0.6) is 0 Å². The maximum atomic E-state index is 12.1. The molecule has 1 fully saturated rings. The van der Waals surface area contributed by atoms with Gasteiger partial charge in [-0.05, 0) is 38.3 Å². The number of rotatable bonds is 6. The van der Waals surface area contributed by atoms with Crippen molar-refractivity contribution in [1.82, 2.24) is 20.2 Å². The van der Waals surface area contributed by atoms with Crippen molar-refractivity contribution in [2.45, 2.75) is 32.2 Å². The number of aromatic amines is 1. The molecule has 2 N–H and O–H groups in total. The van der Waals surface area contributed by atoms with Crippen LogP contribution in [0.2, 0.25) is 0 Å². The Morgan fingerprint density at radius 3 is 2.76 bits per heavy atom. The first-order chi connectivity index (χ1) is 12.1. The number of hydrogen-bond donors (Lipinski definition) is 2. The average molecular weight is 360 g/mol. The lowest BCUT2D eigenvalue weighted by atomic mass is 10.1. The van der Waals surface area contributed by atoms with Gasteiger partial charge in [-0.25, -0.2) is 4.98 Å². The van der Waals surface area contributed by atoms with Crippen molar-refractivity contribution in [3.05, 3.63) is 30.1 Å². The molecule has 2 amide bonds. The highest BCUT2D eigenvalue weighted by molar-refractivity contribution is 8.00. The number of nitrogens with zero attached hydrogens (tertiary/aromatic N) is 2. The number of H-pyrrole nitrogens is 1. The lowest BCUT2D eigenvalue weighted by Crippen LogP contribution is -2.37. The fourth-order valence-corrected chi connectivity index (χ4v) is 3.72. The SMILES string of the molecule is C[C@@H](NC(=O)CSCC(=O)N1CCCCC1)c1nc2ccccc2[nH]1. The van der Waals surface area contributed by atoms with Crippen LogP contribution in [0.3, 0.4) is 0 Å². The number of carbonyl (C=O) groups excluding carboxylic acids is 2. The first-order valence-corrected chi connectivity index (χ1v) is 9.88. The second-order valence-electron chi connectivity index (χ2n) is 6.36. The molecule has 2 aromatic rings. The number of thioether (sulfide) groups is 1. The molecule has 0 aliphatic carbocycles. The van der Waals surface area contributed by atoms with E-state index in [1.165, 1.54) is 18.2 Å². The highest BCUT2D eigenvalue weighted by Crippen LogP contribution is 2.16. The zero-order chi connectivity index (χ0) is 17.6. The molecule has 0 unspecified atom stereocenters. The van der Waals surface area contributed by atoms with Crippen LogP contribution in [0.4, 0.5) is 0 Å². The third-order valence-corrected chi connectivity index (χ3v) is 5.28. The number of aromatic nitrogens is 2. The van der Waals surface area contributed by atoms with E-state index in [4.69, 9.17) is 0 Å². The molecule has 1 aliphatic heterocycles. The molecule has 1 saturated heterocycles. The second-order valence-corrected chi connectivity index (χ2v) is 7.35. The summed E-state index contributed by atoms with van der Waals surface area (Å²) in [7, 11) is 0. The van der Waals surface area contributed by atoms with E-state index in [0.717, 1.165) is 42.8 Å². The van der Waals surface area contributed by atoms with Crippen LogP contribution in [-0.4, -0.2) is 51.3 Å². The summed E-state index contributed by atoms with van der Waals surface area (Å²) in [5.41, 5.74) is 1.85. The smallest absolute Gasteiger partial charge is 0.232 e. The zero-order valence-electron chi connectivity index (χ0n) is 14.5. The zero-order valence-corrected chi connectivity index (χ0v) is 15.3. The number of imidazole rings is 1. The number of likely N-dealkylation sites (tertiary alicyclic amines) is 1. The highest BCUT2D eigenvalue weighted by Gasteiger charge is 2.17. The Labute approximate surface area is 151 Å². The van der Waals surface area contributed by atoms with E-state index in [-0.39, 0.29) is 23.6 Å². The Morgan fingerprint density at radius 1 is 1.24 bits per heavy atom. The van der Waals surface area contributed by atoms with Crippen molar-refractivity contribution in [1.29, 1.82) is 0 Å². The summed E-state index contributed by atoms with van der Waals surface area (Å²) >= 11 is 1.37. The van der Waals surface area contributed by atoms with Crippen LogP contribution in [0, 0.1) is 0 Å². The summed E-state index contributed by atoms with van der Waals surface area (Å²) in [6.45, 7) is 3.61. The number of amides is 2. The Balaban J connectivity index is 1.43. The number of piperidine rings is 1. The van der Waals surface area contributed by atoms with E-state index in [1.807, 2.05) is 36.1 Å². The highest BCUT2D eigenvalue weighted by atomic mass is 32.2. The fourth-order valence-electron chi connectivity index (χ4n) is 2.99. The molecular formula is C18H24N4O2S. The van der Waals surface area contributed by atoms with E-state index in [9.17, 15) is 9.59 Å². The molecule has 134 valence electrons. The summed E-state index contributed by atoms with van der Waals surface area (Å²) in [4.78, 5) is 33.8. The molecule has 25 heavy (non-hydrogen) atoms. The molecule has 1 atom stereocenters. The molecule has 3 rings (SSSR count). The summed E-state index contributed by atoms with van der Waals surface area (Å²) in [5, 5.41) is 2.93. The van der Waals surface area contributed by atoms with Gasteiger partial charge in [0, 0.05) is 13.1 Å². The standard InChI is InChI=1S/C18H24N4O2S/c1-13(18-20-14-7-3-4-8-15(14)21-18)19-16(23)11-25-12-17(24)22-9-5-2-6-10-22/h3-4,7-8,13H,2,5-6,9-12H2,1H3,(H,19,23)(H,20,21)/t13-/m1/s1. The third kappa shape index (κ3) is 4.75. The predicted molar refractivity (Wildman–Crippen MR) is 100 cm³/mol. The Bertz CT molecular complexity index is 707. The lowest BCUT2D eigenvalue weighted by molar-refractivity contribution is -0.129. The molecule has 6 nitrogen and oxygen atoms in total. The molecule has 0 radical (unpaired) electrons. The minimum atomic E-state index is -0.196. The van der Waals surface area contributed by atoms with Gasteiger partial charge in [0.2, 0.25) is 11.8 Å². The molecule has 0 spiro atoms. The number of nitrogens with one attached hydrogen (secondary N) is 2. The van der Waals surface area contributed by atoms with Crippen LogP contribution in [0.1, 0.15) is 38.1 Å². The quantitative estimate of drug-likeness (QED) is 0.830. The fraction of sp³-hybridized carbons (Fsp3) is 0.500. The van der Waals surface area contributed by atoms with Gasteiger partial charge in [-0.3, -0.25) is 9.59 Å². The van der Waals surface area contributed by atoms with Crippen molar-refractivity contribution in [2.24, 2.45) is 0 Å². The average Bonchev–Trinajstić information content (AvgIpc) is 3.06. The summed E-state index contributed by atoms with van der Waals surface area (Å²) in [6, 6.07) is 7.59. The van der Waals surface area contributed by atoms with E-state index in [2.05, 4.69) is 15.3 Å². The molecule has 0 bridgehead atoms. The minimum Gasteiger partial charge on any atom is -0.346 e. The van der Waals surface area contributed by atoms with Gasteiger partial charge < -0.3 is 15.2 Å². The van der Waals surface area contributed by atoms with Gasteiger partial charge in [0.1, 0.15) is 5.82 Å². The van der Waals surface area contributed by atoms with Crippen LogP contribution in [0.25, 0.3) is 11.0 Å². The van der Waals surface area contributed by atoms with Crippen LogP contribution in [-0.2, 0) is 9.59 Å². The Kier molecular flexibility index (Phi) is 5.96. The Hall–Kier alpha value is -2.02. The molecular weight excluding hydrogens is 336 g/mol. The van der Waals surface area contributed by atoms with Crippen LogP contribution >= 0.6 is 11.8 Å². The lowest BCUT2D eigenvalue weighted by Gasteiger charge is -2.26. The first kappa shape index (κ1) is 17.8. The number of benzene rings is 1. The van der Waals surface area contributed by atoms with Gasteiger partial charge in [0.15, 0.2) is 0 Å². The maximum absolute atomic E-state index is 12.1. The van der Waals surface area contributed by atoms with Crippen molar-refractivity contribution >= 4 is 34.6 Å². The largest absolute Gasteiger partial charge is 0.346 e. The van der Waals surface area contributed by atoms with Gasteiger partial charge in [-0.1, -0.05) is 12.1 Å². The maximum Gasteiger partial charge on any atom is 0.232 e. The monoisotopic (exact) mass is 360 g/mol. The molecule has 1 aliphatic rings. The number of hydrogen-bond acceptors (Lipinski definition) is 4. The normalized spacial score (nSPS) is 16.0. The van der Waals surface area contributed by atoms with Gasteiger partial charge in [0.25, 0.3) is 0 Å². The number of carbonyl (C=O) groups is 2. The third-order valence-electron chi connectivity index (χ3n) is 4.36. The topological polar surface area (TPSA) is 78.1 Å². The van der Waals surface area contributed by atoms with Gasteiger partial charge in [0.05, 0.1) is 28.6 Å². The van der Waals surface area contributed by atoms with Gasteiger partial charge in [-0.2, -0.15) is 0 Å². The van der Waals surface area contributed by atoms with E-state index in [1.54, 1.807) is 0 Å². The van der Waals surface area contributed by atoms with Crippen LogP contribution < -0.4 is 5.32 Å². The molecule has 2 heterocycles. The number of para-hydroxylation sites is 2. The number of fused-ring (bicyclic) bond motifs is 1. The summed E-state index contributed by atoms with van der Waals surface area (Å²) in [5.74, 6) is 1.45. The van der Waals surface area contributed by atoms with E-state index < -0.39 is 0 Å². The second kappa shape index (κ2) is 8.38. The molecule has 1 aromatic carbocycles. The summed E-state index contributed by atoms with van der Waals surface area (Å²) < 4.78 is 0. The molecule has 1 aromatic heterocycles.